The van der Waals surface area contributed by atoms with Crippen molar-refractivity contribution < 1.29 is 18.3 Å². The number of carboxylic acid groups (broad SMARTS) is 1. The summed E-state index contributed by atoms with van der Waals surface area (Å²) in [6, 6.07) is 2.92. The van der Waals surface area contributed by atoms with Crippen LogP contribution in [0.2, 0.25) is 4.34 Å². The van der Waals surface area contributed by atoms with E-state index in [9.17, 15) is 13.2 Å². The van der Waals surface area contributed by atoms with Crippen molar-refractivity contribution in [2.75, 3.05) is 0 Å². The van der Waals surface area contributed by atoms with Crippen molar-refractivity contribution in [1.82, 2.24) is 4.72 Å². The molecule has 0 spiro atoms. The van der Waals surface area contributed by atoms with Gasteiger partial charge in [0.15, 0.2) is 0 Å². The summed E-state index contributed by atoms with van der Waals surface area (Å²) in [7, 11) is -3.65. The van der Waals surface area contributed by atoms with Crippen LogP contribution in [-0.4, -0.2) is 25.0 Å². The highest BCUT2D eigenvalue weighted by Gasteiger charge is 2.27. The number of thiophene rings is 1. The SMILES string of the molecule is CC(C)(CCC(=O)O)NS(=O)(=O)c1ccc(Cl)s1. The topological polar surface area (TPSA) is 83.5 Å². The Hall–Kier alpha value is -0.630. The van der Waals surface area contributed by atoms with Crippen LogP contribution in [0, 0.1) is 0 Å². The van der Waals surface area contributed by atoms with Crippen molar-refractivity contribution in [1.29, 1.82) is 0 Å². The Labute approximate surface area is 115 Å². The molecule has 1 rings (SSSR count). The fourth-order valence-corrected chi connectivity index (χ4v) is 4.25. The standard InChI is InChI=1S/C10H14ClNO4S2/c1-10(2,6-5-8(13)14)12-18(15,16)9-4-3-7(11)17-9/h3-4,12H,5-6H2,1-2H3,(H,13,14). The molecule has 1 heterocycles. The molecule has 2 N–H and O–H groups in total. The predicted octanol–water partition coefficient (Wildman–Crippen LogP) is 2.32. The molecule has 0 radical (unpaired) electrons. The first-order valence-corrected chi connectivity index (χ1v) is 7.81. The van der Waals surface area contributed by atoms with E-state index in [-0.39, 0.29) is 17.1 Å². The van der Waals surface area contributed by atoms with Gasteiger partial charge in [-0.3, -0.25) is 4.79 Å². The summed E-state index contributed by atoms with van der Waals surface area (Å²) in [5, 5.41) is 8.60. The molecule has 0 aliphatic carbocycles. The van der Waals surface area contributed by atoms with E-state index in [2.05, 4.69) is 4.72 Å². The molecule has 0 amide bonds. The van der Waals surface area contributed by atoms with Crippen molar-refractivity contribution in [2.24, 2.45) is 0 Å². The van der Waals surface area contributed by atoms with Gasteiger partial charge in [0.25, 0.3) is 10.0 Å². The number of aliphatic carboxylic acids is 1. The molecule has 18 heavy (non-hydrogen) atoms. The third-order valence-corrected chi connectivity index (χ3v) is 5.61. The van der Waals surface area contributed by atoms with Crippen molar-refractivity contribution in [3.8, 4) is 0 Å². The molecule has 5 nitrogen and oxygen atoms in total. The van der Waals surface area contributed by atoms with Gasteiger partial charge in [0.2, 0.25) is 0 Å². The van der Waals surface area contributed by atoms with E-state index in [0.717, 1.165) is 11.3 Å². The van der Waals surface area contributed by atoms with Gasteiger partial charge in [-0.15, -0.1) is 11.3 Å². The Morgan fingerprint density at radius 3 is 2.56 bits per heavy atom. The summed E-state index contributed by atoms with van der Waals surface area (Å²) in [6.45, 7) is 3.28. The largest absolute Gasteiger partial charge is 0.481 e. The molecule has 0 aliphatic heterocycles. The molecule has 0 atom stereocenters. The van der Waals surface area contributed by atoms with Gasteiger partial charge in [-0.1, -0.05) is 11.6 Å². The van der Waals surface area contributed by atoms with E-state index < -0.39 is 21.5 Å². The number of hydrogen-bond acceptors (Lipinski definition) is 4. The van der Waals surface area contributed by atoms with Crippen molar-refractivity contribution in [2.45, 2.75) is 36.4 Å². The Bertz CT molecular complexity index is 536. The number of nitrogens with one attached hydrogen (secondary N) is 1. The van der Waals surface area contributed by atoms with Crippen LogP contribution in [0.1, 0.15) is 26.7 Å². The van der Waals surface area contributed by atoms with Gasteiger partial charge in [-0.05, 0) is 32.4 Å². The summed E-state index contributed by atoms with van der Waals surface area (Å²) < 4.78 is 27.0. The van der Waals surface area contributed by atoms with Crippen LogP contribution in [0.25, 0.3) is 0 Å². The molecule has 0 saturated heterocycles. The third kappa shape index (κ3) is 4.56. The zero-order valence-electron chi connectivity index (χ0n) is 9.94. The van der Waals surface area contributed by atoms with E-state index >= 15 is 0 Å². The zero-order chi connectivity index (χ0) is 14.0. The predicted molar refractivity (Wildman–Crippen MR) is 70.6 cm³/mol. The molecule has 0 unspecified atom stereocenters. The second kappa shape index (κ2) is 5.56. The number of carbonyl (C=O) groups is 1. The van der Waals surface area contributed by atoms with Crippen LogP contribution < -0.4 is 4.72 Å². The molecule has 0 bridgehead atoms. The highest BCUT2D eigenvalue weighted by Crippen LogP contribution is 2.27. The fraction of sp³-hybridized carbons (Fsp3) is 0.500. The van der Waals surface area contributed by atoms with Crippen LogP contribution in [0.4, 0.5) is 0 Å². The summed E-state index contributed by atoms with van der Waals surface area (Å²) in [4.78, 5) is 10.5. The smallest absolute Gasteiger partial charge is 0.303 e. The molecular weight excluding hydrogens is 298 g/mol. The van der Waals surface area contributed by atoms with Gasteiger partial charge in [-0.2, -0.15) is 0 Å². The Morgan fingerprint density at radius 2 is 2.11 bits per heavy atom. The Balaban J connectivity index is 2.79. The van der Waals surface area contributed by atoms with Crippen molar-refractivity contribution in [3.63, 3.8) is 0 Å². The maximum Gasteiger partial charge on any atom is 0.303 e. The van der Waals surface area contributed by atoms with Gasteiger partial charge in [0, 0.05) is 12.0 Å². The van der Waals surface area contributed by atoms with E-state index in [1.54, 1.807) is 13.8 Å². The maximum atomic E-state index is 12.0. The molecule has 102 valence electrons. The van der Waals surface area contributed by atoms with Crippen LogP contribution in [-0.2, 0) is 14.8 Å². The van der Waals surface area contributed by atoms with Crippen LogP contribution in [0.15, 0.2) is 16.3 Å². The Kier molecular flexibility index (Phi) is 4.77. The van der Waals surface area contributed by atoms with Crippen LogP contribution in [0.3, 0.4) is 0 Å². The zero-order valence-corrected chi connectivity index (χ0v) is 12.3. The number of hydrogen-bond donors (Lipinski definition) is 2. The van der Waals surface area contributed by atoms with E-state index in [4.69, 9.17) is 16.7 Å². The summed E-state index contributed by atoms with van der Waals surface area (Å²) >= 11 is 6.65. The number of sulfonamides is 1. The number of rotatable bonds is 6. The average Bonchev–Trinajstić information content (AvgIpc) is 2.61. The quantitative estimate of drug-likeness (QED) is 0.844. The van der Waals surface area contributed by atoms with Crippen LogP contribution in [0.5, 0.6) is 0 Å². The average molecular weight is 312 g/mol. The molecule has 0 aliphatic rings. The lowest BCUT2D eigenvalue weighted by Crippen LogP contribution is -2.43. The lowest BCUT2D eigenvalue weighted by molar-refractivity contribution is -0.137. The Morgan fingerprint density at radius 1 is 1.50 bits per heavy atom. The first-order chi connectivity index (χ1) is 8.12. The second-order valence-corrected chi connectivity index (χ2v) is 8.07. The second-order valence-electron chi connectivity index (χ2n) is 4.44. The van der Waals surface area contributed by atoms with E-state index in [1.165, 1.54) is 12.1 Å². The molecule has 0 fully saturated rings. The highest BCUT2D eigenvalue weighted by atomic mass is 35.5. The summed E-state index contributed by atoms with van der Waals surface area (Å²) in [6.07, 6.45) is 0.112. The minimum atomic E-state index is -3.65. The minimum absolute atomic E-state index is 0.0965. The van der Waals surface area contributed by atoms with Gasteiger partial charge < -0.3 is 5.11 Å². The number of carboxylic acids is 1. The van der Waals surface area contributed by atoms with Gasteiger partial charge in [-0.25, -0.2) is 13.1 Å². The molecule has 1 aromatic heterocycles. The van der Waals surface area contributed by atoms with E-state index in [0.29, 0.717) is 4.34 Å². The normalized spacial score (nSPS) is 12.6. The molecule has 1 aromatic rings. The van der Waals surface area contributed by atoms with Crippen molar-refractivity contribution >= 4 is 38.9 Å². The van der Waals surface area contributed by atoms with Crippen LogP contribution >= 0.6 is 22.9 Å². The molecule has 0 aromatic carbocycles. The van der Waals surface area contributed by atoms with Crippen molar-refractivity contribution in [3.05, 3.63) is 16.5 Å². The minimum Gasteiger partial charge on any atom is -0.481 e. The summed E-state index contributed by atoms with van der Waals surface area (Å²) in [5.41, 5.74) is -0.826. The fourth-order valence-electron chi connectivity index (χ4n) is 1.33. The summed E-state index contributed by atoms with van der Waals surface area (Å²) in [5.74, 6) is -0.957. The first kappa shape index (κ1) is 15.4. The van der Waals surface area contributed by atoms with E-state index in [1.807, 2.05) is 0 Å². The lowest BCUT2D eigenvalue weighted by atomic mass is 10.0. The maximum absolute atomic E-state index is 12.0. The third-order valence-electron chi connectivity index (χ3n) is 2.19. The monoisotopic (exact) mass is 311 g/mol. The molecular formula is C10H14ClNO4S2. The first-order valence-electron chi connectivity index (χ1n) is 5.13. The van der Waals surface area contributed by atoms with Gasteiger partial charge in [0.05, 0.1) is 4.34 Å². The number of halogens is 1. The van der Waals surface area contributed by atoms with Gasteiger partial charge in [0.1, 0.15) is 4.21 Å². The molecule has 0 saturated carbocycles. The highest BCUT2D eigenvalue weighted by molar-refractivity contribution is 7.91. The van der Waals surface area contributed by atoms with Gasteiger partial charge >= 0.3 is 5.97 Å². The molecule has 8 heteroatoms. The lowest BCUT2D eigenvalue weighted by Gasteiger charge is -2.24.